The lowest BCUT2D eigenvalue weighted by Gasteiger charge is -2.37. The summed E-state index contributed by atoms with van der Waals surface area (Å²) in [7, 11) is 0. The Morgan fingerprint density at radius 2 is 2.19 bits per heavy atom. The first-order chi connectivity index (χ1) is 7.69. The van der Waals surface area contributed by atoms with Crippen molar-refractivity contribution in [2.24, 2.45) is 0 Å². The monoisotopic (exact) mass is 224 g/mol. The molecule has 1 aromatic carbocycles. The van der Waals surface area contributed by atoms with Crippen molar-refractivity contribution >= 4 is 0 Å². The Labute approximate surface area is 94.9 Å². The molecule has 2 rings (SSSR count). The van der Waals surface area contributed by atoms with Gasteiger partial charge in [-0.15, -0.1) is 0 Å². The molecule has 1 aromatic rings. The minimum atomic E-state index is -0.377. The van der Waals surface area contributed by atoms with Crippen molar-refractivity contribution < 1.29 is 9.50 Å². The Hall–Kier alpha value is -1.13. The van der Waals surface area contributed by atoms with Crippen LogP contribution in [0.4, 0.5) is 4.39 Å². The van der Waals surface area contributed by atoms with Crippen LogP contribution in [-0.2, 0) is 6.54 Å². The second-order valence-corrected chi connectivity index (χ2v) is 4.19. The van der Waals surface area contributed by atoms with Gasteiger partial charge in [-0.2, -0.15) is 0 Å². The number of hydrogen-bond donors (Lipinski definition) is 2. The van der Waals surface area contributed by atoms with Crippen LogP contribution < -0.4 is 5.32 Å². The van der Waals surface area contributed by atoms with Gasteiger partial charge in [0.15, 0.2) is 0 Å². The lowest BCUT2D eigenvalue weighted by atomic mass is 10.1. The van der Waals surface area contributed by atoms with Crippen LogP contribution >= 0.6 is 0 Å². The summed E-state index contributed by atoms with van der Waals surface area (Å²) in [6, 6.07) is 4.77. The van der Waals surface area contributed by atoms with Crippen molar-refractivity contribution in [1.29, 1.82) is 0 Å². The molecule has 88 valence electrons. The second-order valence-electron chi connectivity index (χ2n) is 4.19. The zero-order valence-electron chi connectivity index (χ0n) is 9.41. The van der Waals surface area contributed by atoms with Gasteiger partial charge in [-0.05, 0) is 24.2 Å². The maximum atomic E-state index is 13.1. The van der Waals surface area contributed by atoms with Crippen molar-refractivity contribution in [3.05, 3.63) is 29.6 Å². The summed E-state index contributed by atoms with van der Waals surface area (Å²) < 4.78 is 13.1. The molecule has 3 nitrogen and oxygen atoms in total. The van der Waals surface area contributed by atoms with E-state index in [1.54, 1.807) is 6.07 Å². The van der Waals surface area contributed by atoms with Gasteiger partial charge in [-0.25, -0.2) is 4.39 Å². The summed E-state index contributed by atoms with van der Waals surface area (Å²) in [6.07, 6.45) is 0. The smallest absolute Gasteiger partial charge is 0.127 e. The number of nitrogens with zero attached hydrogens (tertiary/aromatic N) is 1. The number of nitrogens with one attached hydrogen (secondary N) is 1. The highest BCUT2D eigenvalue weighted by Gasteiger charge is 2.23. The van der Waals surface area contributed by atoms with Gasteiger partial charge in [0.25, 0.3) is 0 Å². The Morgan fingerprint density at radius 3 is 2.69 bits per heavy atom. The molecule has 0 aromatic heterocycles. The Bertz CT molecular complexity index is 346. The molecule has 1 aliphatic heterocycles. The molecular weight excluding hydrogens is 207 g/mol. The fourth-order valence-corrected chi connectivity index (χ4v) is 1.99. The van der Waals surface area contributed by atoms with Gasteiger partial charge in [-0.1, -0.05) is 6.92 Å². The molecule has 0 radical (unpaired) electrons. The normalized spacial score (nSPS) is 16.4. The van der Waals surface area contributed by atoms with Gasteiger partial charge >= 0.3 is 0 Å². The molecule has 2 N–H and O–H groups in total. The molecule has 0 bridgehead atoms. The number of hydrogen-bond acceptors (Lipinski definition) is 3. The van der Waals surface area contributed by atoms with Crippen molar-refractivity contribution in [1.82, 2.24) is 10.2 Å². The van der Waals surface area contributed by atoms with Crippen LogP contribution in [0.5, 0.6) is 5.75 Å². The van der Waals surface area contributed by atoms with Crippen LogP contribution in [-0.4, -0.2) is 35.7 Å². The highest BCUT2D eigenvalue weighted by Crippen LogP contribution is 2.17. The first kappa shape index (κ1) is 11.4. The standard InChI is InChI=1S/C12H17FN2O/c1-2-15(11-6-14-7-11)8-9-3-10(13)5-12(16)4-9/h3-5,11,14,16H,2,6-8H2,1H3. The lowest BCUT2D eigenvalue weighted by Crippen LogP contribution is -2.56. The summed E-state index contributed by atoms with van der Waals surface area (Å²) in [5.41, 5.74) is 0.825. The van der Waals surface area contributed by atoms with Crippen LogP contribution in [0.1, 0.15) is 12.5 Å². The Kier molecular flexibility index (Phi) is 3.41. The number of rotatable bonds is 4. The summed E-state index contributed by atoms with van der Waals surface area (Å²) in [4.78, 5) is 2.28. The largest absolute Gasteiger partial charge is 0.508 e. The average molecular weight is 224 g/mol. The zero-order chi connectivity index (χ0) is 11.5. The minimum Gasteiger partial charge on any atom is -0.508 e. The summed E-state index contributed by atoms with van der Waals surface area (Å²) in [5, 5.41) is 12.5. The summed E-state index contributed by atoms with van der Waals surface area (Å²) >= 11 is 0. The number of phenolic OH excluding ortho intramolecular Hbond substituents is 1. The summed E-state index contributed by atoms with van der Waals surface area (Å²) in [6.45, 7) is 5.71. The van der Waals surface area contributed by atoms with Crippen molar-refractivity contribution in [2.45, 2.75) is 19.5 Å². The van der Waals surface area contributed by atoms with E-state index >= 15 is 0 Å². The first-order valence-electron chi connectivity index (χ1n) is 5.62. The third-order valence-corrected chi connectivity index (χ3v) is 3.01. The van der Waals surface area contributed by atoms with Gasteiger partial charge in [-0.3, -0.25) is 4.90 Å². The van der Waals surface area contributed by atoms with E-state index in [0.29, 0.717) is 12.6 Å². The lowest BCUT2D eigenvalue weighted by molar-refractivity contribution is 0.145. The number of halogens is 1. The maximum Gasteiger partial charge on any atom is 0.127 e. The van der Waals surface area contributed by atoms with Crippen molar-refractivity contribution in [2.75, 3.05) is 19.6 Å². The maximum absolute atomic E-state index is 13.1. The molecule has 0 saturated carbocycles. The highest BCUT2D eigenvalue weighted by molar-refractivity contribution is 5.28. The van der Waals surface area contributed by atoms with Crippen molar-refractivity contribution in [3.8, 4) is 5.75 Å². The van der Waals surface area contributed by atoms with E-state index < -0.39 is 0 Å². The Morgan fingerprint density at radius 1 is 1.44 bits per heavy atom. The van der Waals surface area contributed by atoms with E-state index in [-0.39, 0.29) is 11.6 Å². The second kappa shape index (κ2) is 4.80. The van der Waals surface area contributed by atoms with Crippen LogP contribution in [0.25, 0.3) is 0 Å². The van der Waals surface area contributed by atoms with Gasteiger partial charge in [0.1, 0.15) is 11.6 Å². The SMILES string of the molecule is CCN(Cc1cc(O)cc(F)c1)C1CNC1. The highest BCUT2D eigenvalue weighted by atomic mass is 19.1. The molecule has 0 atom stereocenters. The van der Waals surface area contributed by atoms with Gasteiger partial charge in [0, 0.05) is 31.7 Å². The molecule has 4 heteroatoms. The molecule has 0 unspecified atom stereocenters. The van der Waals surface area contributed by atoms with E-state index in [9.17, 15) is 9.50 Å². The minimum absolute atomic E-state index is 0.00205. The third-order valence-electron chi connectivity index (χ3n) is 3.01. The van der Waals surface area contributed by atoms with E-state index in [0.717, 1.165) is 31.3 Å². The van der Waals surface area contributed by atoms with Crippen LogP contribution in [0, 0.1) is 5.82 Å². The fraction of sp³-hybridized carbons (Fsp3) is 0.500. The predicted molar refractivity (Wildman–Crippen MR) is 60.8 cm³/mol. The first-order valence-corrected chi connectivity index (χ1v) is 5.62. The number of likely N-dealkylation sites (N-methyl/N-ethyl adjacent to an activating group) is 1. The number of aromatic hydroxyl groups is 1. The quantitative estimate of drug-likeness (QED) is 0.809. The van der Waals surface area contributed by atoms with E-state index in [1.165, 1.54) is 6.07 Å². The molecule has 0 amide bonds. The van der Waals surface area contributed by atoms with E-state index in [2.05, 4.69) is 17.1 Å². The van der Waals surface area contributed by atoms with Crippen LogP contribution in [0.3, 0.4) is 0 Å². The average Bonchev–Trinajstić information content (AvgIpc) is 2.12. The van der Waals surface area contributed by atoms with E-state index in [4.69, 9.17) is 0 Å². The molecule has 16 heavy (non-hydrogen) atoms. The van der Waals surface area contributed by atoms with E-state index in [1.807, 2.05) is 0 Å². The molecule has 1 aliphatic rings. The van der Waals surface area contributed by atoms with Gasteiger partial charge in [0.2, 0.25) is 0 Å². The Balaban J connectivity index is 2.05. The van der Waals surface area contributed by atoms with Gasteiger partial charge < -0.3 is 10.4 Å². The topological polar surface area (TPSA) is 35.5 Å². The molecule has 0 aliphatic carbocycles. The predicted octanol–water partition coefficient (Wildman–Crippen LogP) is 1.32. The van der Waals surface area contributed by atoms with Crippen molar-refractivity contribution in [3.63, 3.8) is 0 Å². The van der Waals surface area contributed by atoms with Crippen LogP contribution in [0.15, 0.2) is 18.2 Å². The molecular formula is C12H17FN2O. The molecule has 1 heterocycles. The molecule has 0 spiro atoms. The van der Waals surface area contributed by atoms with Crippen LogP contribution in [0.2, 0.25) is 0 Å². The molecule has 1 saturated heterocycles. The zero-order valence-corrected chi connectivity index (χ0v) is 9.41. The number of benzene rings is 1. The molecule has 1 fully saturated rings. The third kappa shape index (κ3) is 2.51. The summed E-state index contributed by atoms with van der Waals surface area (Å²) in [5.74, 6) is -0.379. The number of phenols is 1. The fourth-order valence-electron chi connectivity index (χ4n) is 1.99. The van der Waals surface area contributed by atoms with Gasteiger partial charge in [0.05, 0.1) is 0 Å².